The van der Waals surface area contributed by atoms with Crippen molar-refractivity contribution >= 4 is 5.69 Å². The molecule has 1 aromatic heterocycles. The highest BCUT2D eigenvalue weighted by atomic mass is 16.5. The lowest BCUT2D eigenvalue weighted by Gasteiger charge is -2.13. The molecule has 0 fully saturated rings. The van der Waals surface area contributed by atoms with Crippen LogP contribution < -0.4 is 10.5 Å². The van der Waals surface area contributed by atoms with Crippen molar-refractivity contribution < 1.29 is 4.74 Å². The number of anilines is 1. The predicted molar refractivity (Wildman–Crippen MR) is 73.2 cm³/mol. The summed E-state index contributed by atoms with van der Waals surface area (Å²) in [5, 5.41) is 4.45. The molecule has 0 atom stereocenters. The first-order valence-corrected chi connectivity index (χ1v) is 6.06. The SMILES string of the molecule is Cc1cc(C)n(-c2cc(N)cc(OC(C)C)c2)n1. The summed E-state index contributed by atoms with van der Waals surface area (Å²) in [7, 11) is 0. The average molecular weight is 245 g/mol. The number of ether oxygens (including phenoxy) is 1. The van der Waals surface area contributed by atoms with Gasteiger partial charge >= 0.3 is 0 Å². The van der Waals surface area contributed by atoms with Gasteiger partial charge in [-0.1, -0.05) is 0 Å². The summed E-state index contributed by atoms with van der Waals surface area (Å²) >= 11 is 0. The van der Waals surface area contributed by atoms with Gasteiger partial charge in [0, 0.05) is 23.5 Å². The summed E-state index contributed by atoms with van der Waals surface area (Å²) in [5.74, 6) is 0.771. The van der Waals surface area contributed by atoms with E-state index in [1.54, 1.807) is 0 Å². The Bertz CT molecular complexity index is 558. The zero-order valence-electron chi connectivity index (χ0n) is 11.3. The van der Waals surface area contributed by atoms with E-state index >= 15 is 0 Å². The van der Waals surface area contributed by atoms with Crippen LogP contribution in [0.3, 0.4) is 0 Å². The quantitative estimate of drug-likeness (QED) is 0.846. The van der Waals surface area contributed by atoms with Crippen LogP contribution in [0.1, 0.15) is 25.2 Å². The second-order valence-electron chi connectivity index (χ2n) is 4.77. The minimum absolute atomic E-state index is 0.125. The molecule has 4 heteroatoms. The Morgan fingerprint density at radius 3 is 2.44 bits per heavy atom. The van der Waals surface area contributed by atoms with Gasteiger partial charge in [-0.25, -0.2) is 4.68 Å². The molecule has 2 N–H and O–H groups in total. The highest BCUT2D eigenvalue weighted by molar-refractivity contribution is 5.53. The molecule has 0 aliphatic rings. The number of aryl methyl sites for hydroxylation is 2. The zero-order valence-corrected chi connectivity index (χ0v) is 11.3. The molecule has 1 aromatic carbocycles. The van der Waals surface area contributed by atoms with Gasteiger partial charge in [0.15, 0.2) is 0 Å². The Labute approximate surface area is 107 Å². The van der Waals surface area contributed by atoms with Crippen molar-refractivity contribution in [2.24, 2.45) is 0 Å². The predicted octanol–water partition coefficient (Wildman–Crippen LogP) is 2.86. The normalized spacial score (nSPS) is 10.9. The molecule has 0 spiro atoms. The first kappa shape index (κ1) is 12.5. The summed E-state index contributed by atoms with van der Waals surface area (Å²) in [6.07, 6.45) is 0.125. The van der Waals surface area contributed by atoms with Crippen molar-refractivity contribution in [2.45, 2.75) is 33.8 Å². The Morgan fingerprint density at radius 2 is 1.89 bits per heavy atom. The van der Waals surface area contributed by atoms with E-state index in [-0.39, 0.29) is 6.10 Å². The highest BCUT2D eigenvalue weighted by Gasteiger charge is 2.07. The van der Waals surface area contributed by atoms with Gasteiger partial charge < -0.3 is 10.5 Å². The molecule has 0 saturated carbocycles. The molecule has 0 radical (unpaired) electrons. The van der Waals surface area contributed by atoms with Gasteiger partial charge in [0.25, 0.3) is 0 Å². The van der Waals surface area contributed by atoms with Gasteiger partial charge in [-0.3, -0.25) is 0 Å². The Hall–Kier alpha value is -1.97. The maximum atomic E-state index is 5.91. The van der Waals surface area contributed by atoms with Crippen molar-refractivity contribution in [1.29, 1.82) is 0 Å². The fraction of sp³-hybridized carbons (Fsp3) is 0.357. The van der Waals surface area contributed by atoms with Crippen LogP contribution in [-0.2, 0) is 0 Å². The van der Waals surface area contributed by atoms with E-state index in [2.05, 4.69) is 5.10 Å². The topological polar surface area (TPSA) is 53.1 Å². The van der Waals surface area contributed by atoms with E-state index in [4.69, 9.17) is 10.5 Å². The molecule has 18 heavy (non-hydrogen) atoms. The van der Waals surface area contributed by atoms with Gasteiger partial charge in [-0.15, -0.1) is 0 Å². The minimum Gasteiger partial charge on any atom is -0.491 e. The van der Waals surface area contributed by atoms with E-state index in [0.29, 0.717) is 5.69 Å². The monoisotopic (exact) mass is 245 g/mol. The van der Waals surface area contributed by atoms with Gasteiger partial charge in [0.2, 0.25) is 0 Å². The number of benzene rings is 1. The summed E-state index contributed by atoms with van der Waals surface area (Å²) in [6.45, 7) is 7.98. The standard InChI is InChI=1S/C14H19N3O/c1-9(2)18-14-7-12(15)6-13(8-14)17-11(4)5-10(3)16-17/h5-9H,15H2,1-4H3. The summed E-state index contributed by atoms with van der Waals surface area (Å²) in [6, 6.07) is 7.71. The fourth-order valence-corrected chi connectivity index (χ4v) is 1.96. The van der Waals surface area contributed by atoms with E-state index in [1.807, 2.05) is 56.6 Å². The van der Waals surface area contributed by atoms with E-state index < -0.39 is 0 Å². The Kier molecular flexibility index (Phi) is 3.28. The number of nitrogen functional groups attached to an aromatic ring is 1. The molecule has 0 bridgehead atoms. The van der Waals surface area contributed by atoms with Crippen LogP contribution in [0.5, 0.6) is 5.75 Å². The first-order valence-electron chi connectivity index (χ1n) is 6.06. The van der Waals surface area contributed by atoms with Gasteiger partial charge in [0.05, 0.1) is 17.5 Å². The van der Waals surface area contributed by atoms with E-state index in [0.717, 1.165) is 22.8 Å². The van der Waals surface area contributed by atoms with Crippen LogP contribution in [0.25, 0.3) is 5.69 Å². The number of hydrogen-bond donors (Lipinski definition) is 1. The van der Waals surface area contributed by atoms with Crippen LogP contribution in [0.15, 0.2) is 24.3 Å². The number of nitrogens with two attached hydrogens (primary N) is 1. The van der Waals surface area contributed by atoms with Crippen LogP contribution in [0.2, 0.25) is 0 Å². The molecule has 0 unspecified atom stereocenters. The Balaban J connectivity index is 2.44. The third-order valence-electron chi connectivity index (χ3n) is 2.54. The summed E-state index contributed by atoms with van der Waals surface area (Å²) < 4.78 is 7.56. The fourth-order valence-electron chi connectivity index (χ4n) is 1.96. The number of nitrogens with zero attached hydrogens (tertiary/aromatic N) is 2. The zero-order chi connectivity index (χ0) is 13.3. The lowest BCUT2D eigenvalue weighted by molar-refractivity contribution is 0.242. The molecule has 96 valence electrons. The van der Waals surface area contributed by atoms with Crippen molar-refractivity contribution in [3.05, 3.63) is 35.7 Å². The smallest absolute Gasteiger partial charge is 0.123 e. The highest BCUT2D eigenvalue weighted by Crippen LogP contribution is 2.23. The molecule has 0 saturated heterocycles. The molecular formula is C14H19N3O. The maximum Gasteiger partial charge on any atom is 0.123 e. The maximum absolute atomic E-state index is 5.91. The molecule has 0 aliphatic heterocycles. The van der Waals surface area contributed by atoms with Crippen molar-refractivity contribution in [3.8, 4) is 11.4 Å². The number of hydrogen-bond acceptors (Lipinski definition) is 3. The lowest BCUT2D eigenvalue weighted by atomic mass is 10.2. The van der Waals surface area contributed by atoms with Crippen molar-refractivity contribution in [3.63, 3.8) is 0 Å². The second-order valence-corrected chi connectivity index (χ2v) is 4.77. The van der Waals surface area contributed by atoms with Gasteiger partial charge in [-0.05, 0) is 39.8 Å². The van der Waals surface area contributed by atoms with Gasteiger partial charge in [-0.2, -0.15) is 5.10 Å². The molecule has 2 rings (SSSR count). The molecule has 2 aromatic rings. The molecule has 4 nitrogen and oxygen atoms in total. The minimum atomic E-state index is 0.125. The van der Waals surface area contributed by atoms with Gasteiger partial charge in [0.1, 0.15) is 5.75 Å². The third-order valence-corrected chi connectivity index (χ3v) is 2.54. The van der Waals surface area contributed by atoms with Crippen LogP contribution in [0.4, 0.5) is 5.69 Å². The van der Waals surface area contributed by atoms with E-state index in [9.17, 15) is 0 Å². The van der Waals surface area contributed by atoms with E-state index in [1.165, 1.54) is 0 Å². The largest absolute Gasteiger partial charge is 0.491 e. The molecule has 1 heterocycles. The number of rotatable bonds is 3. The Morgan fingerprint density at radius 1 is 1.17 bits per heavy atom. The summed E-state index contributed by atoms with van der Waals surface area (Å²) in [4.78, 5) is 0. The second kappa shape index (κ2) is 4.72. The van der Waals surface area contributed by atoms with Crippen LogP contribution in [0, 0.1) is 13.8 Å². The first-order chi connectivity index (χ1) is 8.45. The molecular weight excluding hydrogens is 226 g/mol. The van der Waals surface area contributed by atoms with Crippen molar-refractivity contribution in [2.75, 3.05) is 5.73 Å². The van der Waals surface area contributed by atoms with Crippen LogP contribution in [-0.4, -0.2) is 15.9 Å². The summed E-state index contributed by atoms with van der Waals surface area (Å²) in [5.41, 5.74) is 9.58. The number of aromatic nitrogens is 2. The molecule has 0 amide bonds. The van der Waals surface area contributed by atoms with Crippen LogP contribution >= 0.6 is 0 Å². The third kappa shape index (κ3) is 2.64. The molecule has 0 aliphatic carbocycles. The average Bonchev–Trinajstić information content (AvgIpc) is 2.55. The van der Waals surface area contributed by atoms with Crippen molar-refractivity contribution in [1.82, 2.24) is 9.78 Å². The lowest BCUT2D eigenvalue weighted by Crippen LogP contribution is -2.07.